The first kappa shape index (κ1) is 11.6. The van der Waals surface area contributed by atoms with E-state index in [9.17, 15) is 19.7 Å². The van der Waals surface area contributed by atoms with Gasteiger partial charge in [-0.1, -0.05) is 0 Å². The van der Waals surface area contributed by atoms with Crippen molar-refractivity contribution in [1.29, 1.82) is 0 Å². The minimum Gasteiger partial charge on any atom is -0.480 e. The van der Waals surface area contributed by atoms with Crippen LogP contribution in [0, 0.1) is 10.1 Å². The van der Waals surface area contributed by atoms with Crippen LogP contribution >= 0.6 is 0 Å². The van der Waals surface area contributed by atoms with E-state index in [-0.39, 0.29) is 11.3 Å². The summed E-state index contributed by atoms with van der Waals surface area (Å²) in [5, 5.41) is 20.8. The van der Waals surface area contributed by atoms with Crippen LogP contribution in [-0.2, 0) is 4.79 Å². The van der Waals surface area contributed by atoms with Crippen LogP contribution in [0.25, 0.3) is 0 Å². The molecule has 1 amide bonds. The van der Waals surface area contributed by atoms with Crippen LogP contribution in [0.3, 0.4) is 0 Å². The standard InChI is InChI=1S/C9H8N2O5/c12-8(13)5-10-9(14)6-1-3-7(4-2-6)11(15)16/h1-4H,5H2,(H,10,14)(H,12,13). The highest BCUT2D eigenvalue weighted by atomic mass is 16.6. The largest absolute Gasteiger partial charge is 0.480 e. The van der Waals surface area contributed by atoms with Gasteiger partial charge in [0.25, 0.3) is 11.6 Å². The number of carbonyl (C=O) groups is 2. The molecule has 0 aliphatic heterocycles. The lowest BCUT2D eigenvalue weighted by Crippen LogP contribution is -2.29. The average Bonchev–Trinajstić information content (AvgIpc) is 2.26. The molecule has 16 heavy (non-hydrogen) atoms. The Kier molecular flexibility index (Phi) is 3.54. The number of hydrogen-bond acceptors (Lipinski definition) is 4. The molecule has 0 aliphatic carbocycles. The molecule has 1 rings (SSSR count). The van der Waals surface area contributed by atoms with Gasteiger partial charge in [-0.25, -0.2) is 0 Å². The third-order valence-corrected chi connectivity index (χ3v) is 1.74. The summed E-state index contributed by atoms with van der Waals surface area (Å²) in [5.41, 5.74) is 0.0432. The van der Waals surface area contributed by atoms with Crippen LogP contribution in [0.15, 0.2) is 24.3 Å². The maximum atomic E-state index is 11.3. The van der Waals surface area contributed by atoms with Crippen LogP contribution in [0.5, 0.6) is 0 Å². The Labute approximate surface area is 89.8 Å². The third-order valence-electron chi connectivity index (χ3n) is 1.74. The number of nitrogens with zero attached hydrogens (tertiary/aromatic N) is 1. The van der Waals surface area contributed by atoms with Crippen LogP contribution in [-0.4, -0.2) is 28.5 Å². The lowest BCUT2D eigenvalue weighted by molar-refractivity contribution is -0.384. The van der Waals surface area contributed by atoms with E-state index in [1.807, 2.05) is 0 Å². The number of non-ortho nitro benzene ring substituents is 1. The highest BCUT2D eigenvalue weighted by molar-refractivity contribution is 5.95. The van der Waals surface area contributed by atoms with Gasteiger partial charge in [-0.15, -0.1) is 0 Å². The molecule has 1 aromatic rings. The van der Waals surface area contributed by atoms with Gasteiger partial charge in [-0.05, 0) is 12.1 Å². The Morgan fingerprint density at radius 1 is 1.31 bits per heavy atom. The number of nitro benzene ring substituents is 1. The molecule has 1 aromatic carbocycles. The van der Waals surface area contributed by atoms with Gasteiger partial charge in [0, 0.05) is 17.7 Å². The number of nitrogens with one attached hydrogen (secondary N) is 1. The van der Waals surface area contributed by atoms with Crippen molar-refractivity contribution in [3.05, 3.63) is 39.9 Å². The second-order valence-electron chi connectivity index (χ2n) is 2.88. The Balaban J connectivity index is 2.70. The molecule has 0 atom stereocenters. The fraction of sp³-hybridized carbons (Fsp3) is 0.111. The van der Waals surface area contributed by atoms with Gasteiger partial charge < -0.3 is 10.4 Å². The molecule has 0 aliphatic rings. The minimum absolute atomic E-state index is 0.130. The molecule has 7 nitrogen and oxygen atoms in total. The summed E-state index contributed by atoms with van der Waals surface area (Å²) in [6.45, 7) is -0.490. The Morgan fingerprint density at radius 2 is 1.88 bits per heavy atom. The van der Waals surface area contributed by atoms with E-state index in [1.54, 1.807) is 0 Å². The van der Waals surface area contributed by atoms with Gasteiger partial charge in [0.1, 0.15) is 6.54 Å². The van der Waals surface area contributed by atoms with E-state index < -0.39 is 23.3 Å². The lowest BCUT2D eigenvalue weighted by atomic mass is 10.2. The summed E-state index contributed by atoms with van der Waals surface area (Å²) in [4.78, 5) is 31.2. The van der Waals surface area contributed by atoms with Gasteiger partial charge in [0.15, 0.2) is 0 Å². The topological polar surface area (TPSA) is 110 Å². The molecule has 2 N–H and O–H groups in total. The van der Waals surface area contributed by atoms with Crippen molar-refractivity contribution in [1.82, 2.24) is 5.32 Å². The van der Waals surface area contributed by atoms with Gasteiger partial charge >= 0.3 is 5.97 Å². The number of hydrogen-bond donors (Lipinski definition) is 2. The van der Waals surface area contributed by atoms with Gasteiger partial charge in [0.05, 0.1) is 4.92 Å². The molecule has 0 unspecified atom stereocenters. The van der Waals surface area contributed by atoms with Gasteiger partial charge in [0.2, 0.25) is 0 Å². The highest BCUT2D eigenvalue weighted by Gasteiger charge is 2.09. The highest BCUT2D eigenvalue weighted by Crippen LogP contribution is 2.11. The summed E-state index contributed by atoms with van der Waals surface area (Å²) in [6, 6.07) is 4.87. The van der Waals surface area contributed by atoms with E-state index >= 15 is 0 Å². The first-order chi connectivity index (χ1) is 7.50. The SMILES string of the molecule is O=C(O)CNC(=O)c1ccc([N+](=O)[O-])cc1. The number of amides is 1. The summed E-state index contributed by atoms with van der Waals surface area (Å²) in [5.74, 6) is -1.74. The molecule has 0 saturated carbocycles. The van der Waals surface area contributed by atoms with Crippen molar-refractivity contribution in [2.45, 2.75) is 0 Å². The molecule has 84 valence electrons. The van der Waals surface area contributed by atoms with E-state index in [4.69, 9.17) is 5.11 Å². The zero-order valence-electron chi connectivity index (χ0n) is 8.04. The summed E-state index contributed by atoms with van der Waals surface area (Å²) >= 11 is 0. The maximum Gasteiger partial charge on any atom is 0.322 e. The second kappa shape index (κ2) is 4.87. The Hall–Kier alpha value is -2.44. The van der Waals surface area contributed by atoms with E-state index in [2.05, 4.69) is 5.32 Å². The van der Waals surface area contributed by atoms with Gasteiger partial charge in [-0.2, -0.15) is 0 Å². The predicted molar refractivity (Wildman–Crippen MR) is 53.1 cm³/mol. The molecule has 0 radical (unpaired) electrons. The summed E-state index contributed by atoms with van der Waals surface area (Å²) in [7, 11) is 0. The average molecular weight is 224 g/mol. The van der Waals surface area contributed by atoms with Crippen molar-refractivity contribution >= 4 is 17.6 Å². The number of aliphatic carboxylic acids is 1. The van der Waals surface area contributed by atoms with E-state index in [0.717, 1.165) is 0 Å². The van der Waals surface area contributed by atoms with E-state index in [0.29, 0.717) is 0 Å². The quantitative estimate of drug-likeness (QED) is 0.568. The van der Waals surface area contributed by atoms with Crippen molar-refractivity contribution in [3.63, 3.8) is 0 Å². The monoisotopic (exact) mass is 224 g/mol. The summed E-state index contributed by atoms with van der Waals surface area (Å²) in [6.07, 6.45) is 0. The van der Waals surface area contributed by atoms with E-state index in [1.165, 1.54) is 24.3 Å². The fourth-order valence-corrected chi connectivity index (χ4v) is 0.992. The molecule has 0 spiro atoms. The summed E-state index contributed by atoms with van der Waals surface area (Å²) < 4.78 is 0. The second-order valence-corrected chi connectivity index (χ2v) is 2.88. The van der Waals surface area contributed by atoms with Crippen molar-refractivity contribution in [2.75, 3.05) is 6.54 Å². The fourth-order valence-electron chi connectivity index (χ4n) is 0.992. The van der Waals surface area contributed by atoms with Gasteiger partial charge in [-0.3, -0.25) is 19.7 Å². The molecule has 0 aromatic heterocycles. The molecule has 0 heterocycles. The number of carbonyl (C=O) groups excluding carboxylic acids is 1. The molecular weight excluding hydrogens is 216 g/mol. The number of nitro groups is 1. The maximum absolute atomic E-state index is 11.3. The zero-order chi connectivity index (χ0) is 12.1. The van der Waals surface area contributed by atoms with Crippen LogP contribution < -0.4 is 5.32 Å². The van der Waals surface area contributed by atoms with Crippen molar-refractivity contribution in [3.8, 4) is 0 Å². The van der Waals surface area contributed by atoms with Crippen molar-refractivity contribution in [2.24, 2.45) is 0 Å². The minimum atomic E-state index is -1.16. The van der Waals surface area contributed by atoms with Crippen LogP contribution in [0.4, 0.5) is 5.69 Å². The Bertz CT molecular complexity index is 426. The Morgan fingerprint density at radius 3 is 2.31 bits per heavy atom. The smallest absolute Gasteiger partial charge is 0.322 e. The van der Waals surface area contributed by atoms with Crippen LogP contribution in [0.2, 0.25) is 0 Å². The lowest BCUT2D eigenvalue weighted by Gasteiger charge is -2.01. The molecule has 0 saturated heterocycles. The molecule has 0 fully saturated rings. The predicted octanol–water partition coefficient (Wildman–Crippen LogP) is 0.409. The molecule has 7 heteroatoms. The zero-order valence-corrected chi connectivity index (χ0v) is 8.04. The third kappa shape index (κ3) is 3.05. The number of carboxylic acid groups (broad SMARTS) is 1. The van der Waals surface area contributed by atoms with Crippen LogP contribution in [0.1, 0.15) is 10.4 Å². The molecule has 0 bridgehead atoms. The van der Waals surface area contributed by atoms with Crippen molar-refractivity contribution < 1.29 is 19.6 Å². The number of carboxylic acids is 1. The normalized spacial score (nSPS) is 9.50. The first-order valence-corrected chi connectivity index (χ1v) is 4.25. The number of rotatable bonds is 4. The first-order valence-electron chi connectivity index (χ1n) is 4.25. The number of benzene rings is 1. The molecular formula is C9H8N2O5.